The molecule has 2 rings (SSSR count). The lowest BCUT2D eigenvalue weighted by molar-refractivity contribution is -0.120. The Morgan fingerprint density at radius 2 is 2.29 bits per heavy atom. The highest BCUT2D eigenvalue weighted by Crippen LogP contribution is 2.27. The summed E-state index contributed by atoms with van der Waals surface area (Å²) in [5.74, 6) is 0.586. The molecule has 2 aromatic rings. The van der Waals surface area contributed by atoms with Crippen molar-refractivity contribution in [3.8, 4) is 5.75 Å². The third kappa shape index (κ3) is 3.24. The van der Waals surface area contributed by atoms with Crippen LogP contribution in [0.5, 0.6) is 5.75 Å². The number of allylic oxidation sites excluding steroid dienone is 1. The highest BCUT2D eigenvalue weighted by Gasteiger charge is 2.12. The normalized spacial score (nSPS) is 12.1. The maximum Gasteiger partial charge on any atom is 0.250 e. The molecule has 5 heteroatoms. The summed E-state index contributed by atoms with van der Waals surface area (Å²) in [7, 11) is 0. The van der Waals surface area contributed by atoms with Crippen molar-refractivity contribution in [2.75, 3.05) is 6.61 Å². The van der Waals surface area contributed by atoms with Crippen LogP contribution in [-0.4, -0.2) is 17.1 Å². The van der Waals surface area contributed by atoms with Crippen molar-refractivity contribution in [3.63, 3.8) is 0 Å². The van der Waals surface area contributed by atoms with Gasteiger partial charge in [-0.05, 0) is 19.1 Å². The van der Waals surface area contributed by atoms with E-state index in [0.717, 1.165) is 16.0 Å². The number of rotatable bonds is 5. The van der Waals surface area contributed by atoms with Gasteiger partial charge in [-0.2, -0.15) is 4.99 Å². The summed E-state index contributed by atoms with van der Waals surface area (Å²) < 4.78 is 8.74. The predicted molar refractivity (Wildman–Crippen MR) is 86.6 cm³/mol. The van der Waals surface area contributed by atoms with Gasteiger partial charge >= 0.3 is 0 Å². The number of ether oxygens (including phenoxy) is 1. The second-order valence-electron chi connectivity index (χ2n) is 4.92. The van der Waals surface area contributed by atoms with Crippen LogP contribution in [0.15, 0.2) is 35.8 Å². The number of benzene rings is 1. The fourth-order valence-electron chi connectivity index (χ4n) is 1.98. The summed E-state index contributed by atoms with van der Waals surface area (Å²) >= 11 is 1.50. The standard InChI is InChI=1S/C16H20N2O2S/c1-5-10-18-14-12(20-6-2)8-7-9-13(14)21-16(18)17-15(19)11(3)4/h5,7-9,11H,1,6,10H2,2-4H3. The summed E-state index contributed by atoms with van der Waals surface area (Å²) in [5.41, 5.74) is 0.972. The molecule has 0 bridgehead atoms. The average molecular weight is 304 g/mol. The molecule has 4 nitrogen and oxygen atoms in total. The second-order valence-corrected chi connectivity index (χ2v) is 5.93. The van der Waals surface area contributed by atoms with Crippen molar-refractivity contribution in [2.45, 2.75) is 27.3 Å². The van der Waals surface area contributed by atoms with Crippen LogP contribution in [0.25, 0.3) is 10.2 Å². The average Bonchev–Trinajstić information content (AvgIpc) is 2.78. The Balaban J connectivity index is 2.72. The molecule has 0 saturated carbocycles. The van der Waals surface area contributed by atoms with Crippen LogP contribution in [0.3, 0.4) is 0 Å². The molecular weight excluding hydrogens is 284 g/mol. The molecule has 0 spiro atoms. The van der Waals surface area contributed by atoms with Gasteiger partial charge in [-0.15, -0.1) is 6.58 Å². The first-order valence-corrected chi connectivity index (χ1v) is 7.84. The Morgan fingerprint density at radius 1 is 1.52 bits per heavy atom. The number of hydrogen-bond acceptors (Lipinski definition) is 3. The van der Waals surface area contributed by atoms with Gasteiger partial charge in [0.15, 0.2) is 4.80 Å². The van der Waals surface area contributed by atoms with Crippen molar-refractivity contribution in [1.29, 1.82) is 0 Å². The zero-order valence-corrected chi connectivity index (χ0v) is 13.4. The van der Waals surface area contributed by atoms with Crippen LogP contribution in [0.1, 0.15) is 20.8 Å². The van der Waals surface area contributed by atoms with Crippen LogP contribution in [0.2, 0.25) is 0 Å². The molecule has 0 N–H and O–H groups in total. The van der Waals surface area contributed by atoms with Crippen molar-refractivity contribution in [3.05, 3.63) is 35.7 Å². The monoisotopic (exact) mass is 304 g/mol. The molecule has 0 aliphatic heterocycles. The van der Waals surface area contributed by atoms with Crippen LogP contribution < -0.4 is 9.54 Å². The Kier molecular flexibility index (Phi) is 4.96. The number of aromatic nitrogens is 1. The fraction of sp³-hybridized carbons (Fsp3) is 0.375. The number of carbonyl (C=O) groups is 1. The summed E-state index contributed by atoms with van der Waals surface area (Å²) in [6.45, 7) is 10.6. The first kappa shape index (κ1) is 15.5. The van der Waals surface area contributed by atoms with E-state index in [1.165, 1.54) is 11.3 Å². The van der Waals surface area contributed by atoms with Crippen LogP contribution in [-0.2, 0) is 11.3 Å². The number of amides is 1. The number of nitrogens with zero attached hydrogens (tertiary/aromatic N) is 2. The lowest BCUT2D eigenvalue weighted by Crippen LogP contribution is -2.18. The van der Waals surface area contributed by atoms with Gasteiger partial charge < -0.3 is 9.30 Å². The molecule has 0 radical (unpaired) electrons. The maximum atomic E-state index is 11.9. The van der Waals surface area contributed by atoms with E-state index >= 15 is 0 Å². The van der Waals surface area contributed by atoms with E-state index in [1.54, 1.807) is 6.08 Å². The number of fused-ring (bicyclic) bond motifs is 1. The molecule has 0 aliphatic rings. The van der Waals surface area contributed by atoms with Gasteiger partial charge in [0.2, 0.25) is 0 Å². The molecule has 0 unspecified atom stereocenters. The fourth-order valence-corrected chi connectivity index (χ4v) is 3.04. The molecule has 1 aromatic heterocycles. The quantitative estimate of drug-likeness (QED) is 0.795. The maximum absolute atomic E-state index is 11.9. The van der Waals surface area contributed by atoms with Gasteiger partial charge in [0, 0.05) is 12.5 Å². The second kappa shape index (κ2) is 6.72. The molecular formula is C16H20N2O2S. The van der Waals surface area contributed by atoms with E-state index in [0.29, 0.717) is 18.0 Å². The van der Waals surface area contributed by atoms with Gasteiger partial charge in [-0.25, -0.2) is 0 Å². The molecule has 21 heavy (non-hydrogen) atoms. The molecule has 1 aromatic carbocycles. The van der Waals surface area contributed by atoms with Gasteiger partial charge in [0.25, 0.3) is 5.91 Å². The van der Waals surface area contributed by atoms with Gasteiger partial charge in [0.05, 0.1) is 11.3 Å². The van der Waals surface area contributed by atoms with E-state index in [1.807, 2.05) is 43.5 Å². The summed E-state index contributed by atoms with van der Waals surface area (Å²) in [6, 6.07) is 5.91. The smallest absolute Gasteiger partial charge is 0.250 e. The number of carbonyl (C=O) groups excluding carboxylic acids is 1. The summed E-state index contributed by atoms with van der Waals surface area (Å²) in [5, 5.41) is 0. The van der Waals surface area contributed by atoms with Crippen LogP contribution >= 0.6 is 11.3 Å². The van der Waals surface area contributed by atoms with Crippen LogP contribution in [0.4, 0.5) is 0 Å². The minimum absolute atomic E-state index is 0.112. The van der Waals surface area contributed by atoms with Crippen molar-refractivity contribution < 1.29 is 9.53 Å². The minimum Gasteiger partial charge on any atom is -0.492 e. The topological polar surface area (TPSA) is 43.6 Å². The van der Waals surface area contributed by atoms with Gasteiger partial charge in [-0.1, -0.05) is 37.3 Å². The first-order chi connectivity index (χ1) is 10.1. The lowest BCUT2D eigenvalue weighted by Gasteiger charge is -2.08. The van der Waals surface area contributed by atoms with Gasteiger partial charge in [-0.3, -0.25) is 4.79 Å². The Bertz CT molecular complexity index is 725. The number of para-hydroxylation sites is 1. The number of thiazole rings is 1. The summed E-state index contributed by atoms with van der Waals surface area (Å²) in [4.78, 5) is 16.9. The van der Waals surface area contributed by atoms with E-state index < -0.39 is 0 Å². The van der Waals surface area contributed by atoms with E-state index in [-0.39, 0.29) is 11.8 Å². The molecule has 112 valence electrons. The molecule has 0 saturated heterocycles. The first-order valence-electron chi connectivity index (χ1n) is 7.03. The highest BCUT2D eigenvalue weighted by molar-refractivity contribution is 7.16. The van der Waals surface area contributed by atoms with Gasteiger partial charge in [0.1, 0.15) is 11.3 Å². The number of hydrogen-bond donors (Lipinski definition) is 0. The molecule has 1 heterocycles. The molecule has 0 atom stereocenters. The van der Waals surface area contributed by atoms with E-state index in [9.17, 15) is 4.79 Å². The Labute approximate surface area is 128 Å². The predicted octanol–water partition coefficient (Wildman–Crippen LogP) is 3.37. The molecule has 1 amide bonds. The van der Waals surface area contributed by atoms with Crippen molar-refractivity contribution in [2.24, 2.45) is 10.9 Å². The third-order valence-corrected chi connectivity index (χ3v) is 4.02. The van der Waals surface area contributed by atoms with Crippen molar-refractivity contribution >= 4 is 27.5 Å². The van der Waals surface area contributed by atoms with Crippen LogP contribution in [0, 0.1) is 5.92 Å². The third-order valence-electron chi connectivity index (χ3n) is 2.98. The largest absolute Gasteiger partial charge is 0.492 e. The lowest BCUT2D eigenvalue weighted by atomic mass is 10.2. The summed E-state index contributed by atoms with van der Waals surface area (Å²) in [6.07, 6.45) is 1.80. The van der Waals surface area contributed by atoms with Crippen molar-refractivity contribution in [1.82, 2.24) is 4.57 Å². The van der Waals surface area contributed by atoms with E-state index in [4.69, 9.17) is 4.74 Å². The minimum atomic E-state index is -0.114. The highest BCUT2D eigenvalue weighted by atomic mass is 32.1. The Morgan fingerprint density at radius 3 is 2.90 bits per heavy atom. The Hall–Kier alpha value is -1.88. The zero-order chi connectivity index (χ0) is 15.4. The van der Waals surface area contributed by atoms with E-state index in [2.05, 4.69) is 11.6 Å². The molecule has 0 aliphatic carbocycles. The SMILES string of the molecule is C=CCn1c(=NC(=O)C(C)C)sc2cccc(OCC)c21. The zero-order valence-electron chi connectivity index (χ0n) is 12.6. The molecule has 0 fully saturated rings.